The lowest BCUT2D eigenvalue weighted by molar-refractivity contribution is 0.0500. The molecule has 0 radical (unpaired) electrons. The van der Waals surface area contributed by atoms with E-state index in [9.17, 15) is 9.59 Å². The highest BCUT2D eigenvalue weighted by Crippen LogP contribution is 2.18. The molecule has 33 heavy (non-hydrogen) atoms. The Hall–Kier alpha value is -3.60. The van der Waals surface area contributed by atoms with Crippen molar-refractivity contribution in [2.45, 2.75) is 33.1 Å². The molecular formula is C28H30O5. The quantitative estimate of drug-likeness (QED) is 0.202. The first-order valence-corrected chi connectivity index (χ1v) is 11.3. The maximum atomic E-state index is 12.4. The third kappa shape index (κ3) is 8.11. The average molecular weight is 447 g/mol. The van der Waals surface area contributed by atoms with E-state index in [1.807, 2.05) is 18.2 Å². The van der Waals surface area contributed by atoms with Crippen LogP contribution in [0.4, 0.5) is 0 Å². The predicted molar refractivity (Wildman–Crippen MR) is 128 cm³/mol. The molecule has 0 saturated carbocycles. The predicted octanol–water partition coefficient (Wildman–Crippen LogP) is 6.12. The van der Waals surface area contributed by atoms with Gasteiger partial charge in [-0.3, -0.25) is 0 Å². The summed E-state index contributed by atoms with van der Waals surface area (Å²) in [6.07, 6.45) is 2.59. The number of hydrogen-bond donors (Lipinski definition) is 0. The standard InChI is InChI=1S/C28H30O5/c1-21(2)18-20-31-25-14-10-24(11-15-25)28(30)33-26-16-12-23(13-17-26)27(29)32-19-6-9-22-7-4-3-5-8-22/h3-5,7-8,10-17,21H,6,9,18-20H2,1-2H3. The van der Waals surface area contributed by atoms with Crippen molar-refractivity contribution in [3.63, 3.8) is 0 Å². The van der Waals surface area contributed by atoms with Gasteiger partial charge in [-0.2, -0.15) is 0 Å². The van der Waals surface area contributed by atoms with Gasteiger partial charge in [0.05, 0.1) is 24.3 Å². The van der Waals surface area contributed by atoms with Crippen molar-refractivity contribution in [1.29, 1.82) is 0 Å². The number of aryl methyl sites for hydroxylation is 1. The summed E-state index contributed by atoms with van der Waals surface area (Å²) >= 11 is 0. The molecule has 0 aromatic heterocycles. The topological polar surface area (TPSA) is 61.8 Å². The van der Waals surface area contributed by atoms with Crippen molar-refractivity contribution in [3.05, 3.63) is 95.6 Å². The molecule has 0 unspecified atom stereocenters. The molecule has 5 heteroatoms. The smallest absolute Gasteiger partial charge is 0.343 e. The molecule has 0 bridgehead atoms. The Morgan fingerprint density at radius 2 is 1.33 bits per heavy atom. The molecule has 0 aliphatic rings. The average Bonchev–Trinajstić information content (AvgIpc) is 2.83. The van der Waals surface area contributed by atoms with Crippen LogP contribution in [0.15, 0.2) is 78.9 Å². The van der Waals surface area contributed by atoms with Gasteiger partial charge in [-0.05, 0) is 79.3 Å². The molecule has 0 N–H and O–H groups in total. The van der Waals surface area contributed by atoms with Gasteiger partial charge in [-0.25, -0.2) is 9.59 Å². The van der Waals surface area contributed by atoms with Crippen LogP contribution < -0.4 is 9.47 Å². The number of esters is 2. The molecule has 0 saturated heterocycles. The van der Waals surface area contributed by atoms with Crippen LogP contribution in [-0.2, 0) is 11.2 Å². The lowest BCUT2D eigenvalue weighted by Gasteiger charge is -2.09. The van der Waals surface area contributed by atoms with Crippen LogP contribution >= 0.6 is 0 Å². The van der Waals surface area contributed by atoms with Crippen LogP contribution in [0.2, 0.25) is 0 Å². The number of benzene rings is 3. The van der Waals surface area contributed by atoms with Gasteiger partial charge in [-0.15, -0.1) is 0 Å². The molecular weight excluding hydrogens is 416 g/mol. The second-order valence-corrected chi connectivity index (χ2v) is 8.19. The van der Waals surface area contributed by atoms with Gasteiger partial charge < -0.3 is 14.2 Å². The molecule has 0 aliphatic carbocycles. The second kappa shape index (κ2) is 12.4. The molecule has 0 spiro atoms. The Bertz CT molecular complexity index is 1010. The molecule has 0 fully saturated rings. The van der Waals surface area contributed by atoms with E-state index in [0.29, 0.717) is 36.0 Å². The second-order valence-electron chi connectivity index (χ2n) is 8.19. The van der Waals surface area contributed by atoms with Crippen molar-refractivity contribution in [2.24, 2.45) is 5.92 Å². The third-order valence-corrected chi connectivity index (χ3v) is 5.04. The molecule has 3 aromatic rings. The van der Waals surface area contributed by atoms with Crippen molar-refractivity contribution < 1.29 is 23.8 Å². The normalized spacial score (nSPS) is 10.6. The van der Waals surface area contributed by atoms with Gasteiger partial charge in [0.2, 0.25) is 0 Å². The Morgan fingerprint density at radius 1 is 0.727 bits per heavy atom. The monoisotopic (exact) mass is 446 g/mol. The summed E-state index contributed by atoms with van der Waals surface area (Å²) in [5.41, 5.74) is 2.05. The molecule has 0 atom stereocenters. The third-order valence-electron chi connectivity index (χ3n) is 5.04. The van der Waals surface area contributed by atoms with E-state index in [1.54, 1.807) is 48.5 Å². The van der Waals surface area contributed by atoms with Crippen molar-refractivity contribution in [1.82, 2.24) is 0 Å². The molecule has 3 aromatic carbocycles. The molecule has 172 valence electrons. The van der Waals surface area contributed by atoms with Crippen LogP contribution in [-0.4, -0.2) is 25.2 Å². The van der Waals surface area contributed by atoms with Crippen LogP contribution in [0, 0.1) is 5.92 Å². The fourth-order valence-corrected chi connectivity index (χ4v) is 3.09. The number of hydrogen-bond acceptors (Lipinski definition) is 5. The Kier molecular flexibility index (Phi) is 9.07. The summed E-state index contributed by atoms with van der Waals surface area (Å²) in [5.74, 6) is 0.790. The van der Waals surface area contributed by atoms with Crippen molar-refractivity contribution in [2.75, 3.05) is 13.2 Å². The Morgan fingerprint density at radius 3 is 1.97 bits per heavy atom. The van der Waals surface area contributed by atoms with Gasteiger partial charge in [0, 0.05) is 0 Å². The largest absolute Gasteiger partial charge is 0.494 e. The lowest BCUT2D eigenvalue weighted by atomic mass is 10.1. The van der Waals surface area contributed by atoms with E-state index in [0.717, 1.165) is 25.0 Å². The zero-order chi connectivity index (χ0) is 23.5. The Labute approximate surface area is 195 Å². The first-order valence-electron chi connectivity index (χ1n) is 11.3. The van der Waals surface area contributed by atoms with Crippen molar-refractivity contribution in [3.8, 4) is 11.5 Å². The number of carbonyl (C=O) groups excluding carboxylic acids is 2. The van der Waals surface area contributed by atoms with Crippen LogP contribution in [0.1, 0.15) is 53.0 Å². The molecule has 0 heterocycles. The summed E-state index contributed by atoms with van der Waals surface area (Å²) in [5, 5.41) is 0. The summed E-state index contributed by atoms with van der Waals surface area (Å²) in [6.45, 7) is 5.28. The summed E-state index contributed by atoms with van der Waals surface area (Å²) in [4.78, 5) is 24.6. The summed E-state index contributed by atoms with van der Waals surface area (Å²) < 4.78 is 16.4. The highest BCUT2D eigenvalue weighted by molar-refractivity contribution is 5.92. The minimum absolute atomic E-state index is 0.349. The highest BCUT2D eigenvalue weighted by atomic mass is 16.5. The van der Waals surface area contributed by atoms with Gasteiger partial charge in [0.1, 0.15) is 11.5 Å². The summed E-state index contributed by atoms with van der Waals surface area (Å²) in [7, 11) is 0. The fourth-order valence-electron chi connectivity index (χ4n) is 3.09. The maximum absolute atomic E-state index is 12.4. The van der Waals surface area contributed by atoms with Crippen molar-refractivity contribution >= 4 is 11.9 Å². The van der Waals surface area contributed by atoms with E-state index in [2.05, 4.69) is 26.0 Å². The van der Waals surface area contributed by atoms with Crippen LogP contribution in [0.3, 0.4) is 0 Å². The Balaban J connectivity index is 1.43. The van der Waals surface area contributed by atoms with Gasteiger partial charge in [0.15, 0.2) is 0 Å². The van der Waals surface area contributed by atoms with Gasteiger partial charge in [0.25, 0.3) is 0 Å². The van der Waals surface area contributed by atoms with E-state index < -0.39 is 11.9 Å². The summed E-state index contributed by atoms with van der Waals surface area (Å²) in [6, 6.07) is 23.3. The SMILES string of the molecule is CC(C)CCOc1ccc(C(=O)Oc2ccc(C(=O)OCCCc3ccccc3)cc2)cc1. The zero-order valence-electron chi connectivity index (χ0n) is 19.2. The molecule has 0 amide bonds. The van der Waals surface area contributed by atoms with Crippen LogP contribution in [0.5, 0.6) is 11.5 Å². The minimum atomic E-state index is -0.472. The molecule has 5 nitrogen and oxygen atoms in total. The lowest BCUT2D eigenvalue weighted by Crippen LogP contribution is -2.10. The minimum Gasteiger partial charge on any atom is -0.494 e. The first kappa shape index (κ1) is 24.1. The van der Waals surface area contributed by atoms with Gasteiger partial charge in [-0.1, -0.05) is 44.2 Å². The van der Waals surface area contributed by atoms with E-state index in [1.165, 1.54) is 5.56 Å². The van der Waals surface area contributed by atoms with Gasteiger partial charge >= 0.3 is 11.9 Å². The fraction of sp³-hybridized carbons (Fsp3) is 0.286. The number of ether oxygens (including phenoxy) is 3. The highest BCUT2D eigenvalue weighted by Gasteiger charge is 2.11. The van der Waals surface area contributed by atoms with Crippen LogP contribution in [0.25, 0.3) is 0 Å². The number of rotatable bonds is 11. The van der Waals surface area contributed by atoms with E-state index in [-0.39, 0.29) is 0 Å². The molecule has 0 aliphatic heterocycles. The molecule has 3 rings (SSSR count). The first-order chi connectivity index (χ1) is 16.0. The maximum Gasteiger partial charge on any atom is 0.343 e. The van der Waals surface area contributed by atoms with E-state index >= 15 is 0 Å². The number of carbonyl (C=O) groups is 2. The zero-order valence-corrected chi connectivity index (χ0v) is 19.2. The van der Waals surface area contributed by atoms with E-state index in [4.69, 9.17) is 14.2 Å².